The minimum Gasteiger partial charge on any atom is -0.453 e. The highest BCUT2D eigenvalue weighted by atomic mass is 32.1. The molecule has 49 heavy (non-hydrogen) atoms. The molecule has 0 amide bonds. The van der Waals surface area contributed by atoms with Gasteiger partial charge in [0.25, 0.3) is 0 Å². The van der Waals surface area contributed by atoms with Crippen LogP contribution in [0, 0.1) is 0 Å². The van der Waals surface area contributed by atoms with E-state index in [0.29, 0.717) is 0 Å². The van der Waals surface area contributed by atoms with Gasteiger partial charge in [0.2, 0.25) is 0 Å². The van der Waals surface area contributed by atoms with Gasteiger partial charge in [-0.3, -0.25) is 0 Å². The van der Waals surface area contributed by atoms with Gasteiger partial charge in [0.15, 0.2) is 5.58 Å². The topological polar surface area (TPSA) is 16.4 Å². The summed E-state index contributed by atoms with van der Waals surface area (Å²) < 4.78 is 9.56. The Morgan fingerprint density at radius 2 is 1.04 bits per heavy atom. The Morgan fingerprint density at radius 3 is 1.84 bits per heavy atom. The molecule has 0 saturated carbocycles. The number of thiophene rings is 1. The Hall–Kier alpha value is -6.16. The smallest absolute Gasteiger partial charge is 0.159 e. The first kappa shape index (κ1) is 27.9. The summed E-state index contributed by atoms with van der Waals surface area (Å²) in [7, 11) is 0. The summed E-state index contributed by atoms with van der Waals surface area (Å²) in [5, 5.41) is 7.05. The highest BCUT2D eigenvalue weighted by Crippen LogP contribution is 2.49. The van der Waals surface area contributed by atoms with E-state index >= 15 is 0 Å². The highest BCUT2D eigenvalue weighted by molar-refractivity contribution is 7.26. The summed E-state index contributed by atoms with van der Waals surface area (Å²) in [4.78, 5) is 2.41. The molecule has 0 aliphatic carbocycles. The number of rotatable bonds is 5. The van der Waals surface area contributed by atoms with Crippen molar-refractivity contribution < 1.29 is 4.42 Å². The molecule has 0 unspecified atom stereocenters. The first-order valence-electron chi connectivity index (χ1n) is 16.6. The van der Waals surface area contributed by atoms with E-state index in [2.05, 4.69) is 181 Å². The Balaban J connectivity index is 1.31. The molecule has 0 bridgehead atoms. The summed E-state index contributed by atoms with van der Waals surface area (Å²) in [6.45, 7) is 0. The molecule has 3 heteroatoms. The van der Waals surface area contributed by atoms with Crippen LogP contribution in [0.25, 0.3) is 75.1 Å². The third-order valence-corrected chi connectivity index (χ3v) is 10.9. The maximum atomic E-state index is 7.04. The summed E-state index contributed by atoms with van der Waals surface area (Å²) >= 11 is 1.85. The van der Waals surface area contributed by atoms with Gasteiger partial charge in [-0.2, -0.15) is 0 Å². The molecule has 2 heterocycles. The average molecular weight is 644 g/mol. The molecule has 8 aromatic carbocycles. The summed E-state index contributed by atoms with van der Waals surface area (Å²) in [6.07, 6.45) is 0. The van der Waals surface area contributed by atoms with E-state index in [-0.39, 0.29) is 0 Å². The SMILES string of the molecule is c1ccc(-c2ccc(N(c3cc(-c4ccccc4)cc4c3oc3c5ccccc5ccc43)c3cccc4c3sc3ccccc34)cc2)cc1. The Bertz CT molecular complexity index is 2810. The molecule has 0 atom stereocenters. The van der Waals surface area contributed by atoms with Crippen LogP contribution in [0.4, 0.5) is 17.1 Å². The summed E-state index contributed by atoms with van der Waals surface area (Å²) in [5.74, 6) is 0. The lowest BCUT2D eigenvalue weighted by atomic mass is 9.99. The predicted molar refractivity (Wildman–Crippen MR) is 210 cm³/mol. The molecule has 230 valence electrons. The standard InChI is InChI=1S/C46H29NOS/c1-3-12-30(13-4-1)32-22-25-35(26-23-32)47(41-20-11-19-39-37-18-9-10-21-43(37)49-46(39)41)42-29-34(31-14-5-2-6-15-31)28-40-38-27-24-33-16-7-8-17-36(33)44(38)48-45(40)42/h1-29H. The van der Waals surface area contributed by atoms with Crippen molar-refractivity contribution in [3.63, 3.8) is 0 Å². The van der Waals surface area contributed by atoms with Crippen molar-refractivity contribution >= 4 is 81.3 Å². The number of nitrogens with zero attached hydrogens (tertiary/aromatic N) is 1. The fourth-order valence-corrected chi connectivity index (χ4v) is 8.51. The molecule has 10 rings (SSSR count). The van der Waals surface area contributed by atoms with Crippen LogP contribution in [0.1, 0.15) is 0 Å². The van der Waals surface area contributed by atoms with E-state index in [1.165, 1.54) is 42.2 Å². The van der Waals surface area contributed by atoms with Gasteiger partial charge in [0.05, 0.1) is 16.1 Å². The molecule has 0 aliphatic rings. The zero-order valence-electron chi connectivity index (χ0n) is 26.5. The third-order valence-electron chi connectivity index (χ3n) is 9.65. The third kappa shape index (κ3) is 4.55. The van der Waals surface area contributed by atoms with Crippen molar-refractivity contribution in [1.29, 1.82) is 0 Å². The maximum absolute atomic E-state index is 7.04. The van der Waals surface area contributed by atoms with E-state index in [1.807, 2.05) is 11.3 Å². The van der Waals surface area contributed by atoms with Crippen molar-refractivity contribution in [3.8, 4) is 22.3 Å². The summed E-state index contributed by atoms with van der Waals surface area (Å²) in [5.41, 5.74) is 9.69. The van der Waals surface area contributed by atoms with Crippen LogP contribution in [-0.4, -0.2) is 0 Å². The van der Waals surface area contributed by atoms with E-state index in [0.717, 1.165) is 50.0 Å². The van der Waals surface area contributed by atoms with Gasteiger partial charge < -0.3 is 9.32 Å². The quantitative estimate of drug-likeness (QED) is 0.186. The molecule has 0 N–H and O–H groups in total. The van der Waals surface area contributed by atoms with Gasteiger partial charge in [0, 0.05) is 37.3 Å². The molecule has 10 aromatic rings. The summed E-state index contributed by atoms with van der Waals surface area (Å²) in [6, 6.07) is 63.1. The van der Waals surface area contributed by atoms with E-state index in [4.69, 9.17) is 4.42 Å². The van der Waals surface area contributed by atoms with Crippen LogP contribution in [0.15, 0.2) is 180 Å². The van der Waals surface area contributed by atoms with Crippen LogP contribution in [-0.2, 0) is 0 Å². The normalized spacial score (nSPS) is 11.7. The van der Waals surface area contributed by atoms with Crippen LogP contribution >= 0.6 is 11.3 Å². The van der Waals surface area contributed by atoms with Gasteiger partial charge in [-0.25, -0.2) is 0 Å². The predicted octanol–water partition coefficient (Wildman–Crippen LogP) is 13.9. The van der Waals surface area contributed by atoms with Crippen LogP contribution in [0.2, 0.25) is 0 Å². The fourth-order valence-electron chi connectivity index (χ4n) is 7.30. The first-order valence-corrected chi connectivity index (χ1v) is 17.4. The number of benzene rings is 8. The second kappa shape index (κ2) is 11.2. The number of hydrogen-bond acceptors (Lipinski definition) is 3. The number of anilines is 3. The maximum Gasteiger partial charge on any atom is 0.159 e. The fraction of sp³-hybridized carbons (Fsp3) is 0. The Kier molecular flexibility index (Phi) is 6.39. The van der Waals surface area contributed by atoms with Gasteiger partial charge in [-0.15, -0.1) is 11.3 Å². The molecule has 0 aliphatic heterocycles. The molecule has 0 radical (unpaired) electrons. The Morgan fingerprint density at radius 1 is 0.388 bits per heavy atom. The molecule has 0 spiro atoms. The molecule has 2 nitrogen and oxygen atoms in total. The lowest BCUT2D eigenvalue weighted by molar-refractivity contribution is 0.673. The molecule has 0 saturated heterocycles. The number of hydrogen-bond donors (Lipinski definition) is 0. The van der Waals surface area contributed by atoms with Crippen LogP contribution in [0.5, 0.6) is 0 Å². The lowest BCUT2D eigenvalue weighted by Crippen LogP contribution is -2.10. The lowest BCUT2D eigenvalue weighted by Gasteiger charge is -2.27. The van der Waals surface area contributed by atoms with Gasteiger partial charge in [-0.1, -0.05) is 133 Å². The zero-order chi connectivity index (χ0) is 32.3. The van der Waals surface area contributed by atoms with E-state index < -0.39 is 0 Å². The second-order valence-electron chi connectivity index (χ2n) is 12.5. The Labute approximate surface area is 287 Å². The first-order chi connectivity index (χ1) is 24.3. The van der Waals surface area contributed by atoms with E-state index in [9.17, 15) is 0 Å². The van der Waals surface area contributed by atoms with Gasteiger partial charge in [-0.05, 0) is 70.1 Å². The molecular formula is C46H29NOS. The van der Waals surface area contributed by atoms with Crippen molar-refractivity contribution in [2.75, 3.05) is 4.90 Å². The minimum atomic E-state index is 0.872. The highest BCUT2D eigenvalue weighted by Gasteiger charge is 2.24. The van der Waals surface area contributed by atoms with Crippen molar-refractivity contribution in [3.05, 3.63) is 176 Å². The van der Waals surface area contributed by atoms with Crippen molar-refractivity contribution in [2.45, 2.75) is 0 Å². The monoisotopic (exact) mass is 643 g/mol. The largest absolute Gasteiger partial charge is 0.453 e. The van der Waals surface area contributed by atoms with Crippen molar-refractivity contribution in [2.24, 2.45) is 0 Å². The van der Waals surface area contributed by atoms with E-state index in [1.54, 1.807) is 0 Å². The number of fused-ring (bicyclic) bond motifs is 8. The molecule has 0 fully saturated rings. The molecular weight excluding hydrogens is 615 g/mol. The second-order valence-corrected chi connectivity index (χ2v) is 13.6. The van der Waals surface area contributed by atoms with Gasteiger partial charge in [0.1, 0.15) is 5.58 Å². The molecule has 2 aromatic heterocycles. The minimum absolute atomic E-state index is 0.872. The van der Waals surface area contributed by atoms with Gasteiger partial charge >= 0.3 is 0 Å². The van der Waals surface area contributed by atoms with Crippen LogP contribution in [0.3, 0.4) is 0 Å². The zero-order valence-corrected chi connectivity index (χ0v) is 27.3. The van der Waals surface area contributed by atoms with Crippen LogP contribution < -0.4 is 4.90 Å². The van der Waals surface area contributed by atoms with Crippen molar-refractivity contribution in [1.82, 2.24) is 0 Å². The average Bonchev–Trinajstić information content (AvgIpc) is 3.75. The number of furan rings is 1.